The molecular weight excluding hydrogens is 220 g/mol. The second kappa shape index (κ2) is 3.16. The Morgan fingerprint density at radius 2 is 2.18 bits per heavy atom. The number of nitrogens with zero attached hydrogens (tertiary/aromatic N) is 2. The lowest BCUT2D eigenvalue weighted by molar-refractivity contribution is -0.153. The summed E-state index contributed by atoms with van der Waals surface area (Å²) in [5, 5.41) is 13.5. The summed E-state index contributed by atoms with van der Waals surface area (Å²) in [4.78, 5) is 22.6. The first-order valence-corrected chi connectivity index (χ1v) is 5.31. The fourth-order valence-corrected chi connectivity index (χ4v) is 2.38. The van der Waals surface area contributed by atoms with Gasteiger partial charge in [-0.05, 0) is 12.1 Å². The van der Waals surface area contributed by atoms with Crippen molar-refractivity contribution in [3.63, 3.8) is 0 Å². The second-order valence-electron chi connectivity index (χ2n) is 4.37. The first kappa shape index (κ1) is 10.0. The van der Waals surface area contributed by atoms with Crippen LogP contribution in [0.4, 0.5) is 0 Å². The van der Waals surface area contributed by atoms with E-state index in [0.29, 0.717) is 5.56 Å². The van der Waals surface area contributed by atoms with E-state index in [4.69, 9.17) is 0 Å². The van der Waals surface area contributed by atoms with E-state index in [1.54, 1.807) is 16.9 Å². The minimum absolute atomic E-state index is 0.0114. The van der Waals surface area contributed by atoms with Crippen LogP contribution in [-0.4, -0.2) is 26.5 Å². The highest BCUT2D eigenvalue weighted by atomic mass is 16.4. The molecule has 5 heteroatoms. The average Bonchev–Trinajstić information content (AvgIpc) is 2.68. The van der Waals surface area contributed by atoms with Gasteiger partial charge in [-0.25, -0.2) is 4.52 Å². The van der Waals surface area contributed by atoms with Gasteiger partial charge in [-0.15, -0.1) is 0 Å². The Bertz CT molecular complexity index is 621. The van der Waals surface area contributed by atoms with Crippen molar-refractivity contribution in [2.45, 2.75) is 18.3 Å². The first-order chi connectivity index (χ1) is 8.13. The molecule has 5 nitrogen and oxygen atoms in total. The normalized spacial score (nSPS) is 18.0. The van der Waals surface area contributed by atoms with E-state index in [-0.39, 0.29) is 18.6 Å². The predicted octanol–water partition coefficient (Wildman–Crippen LogP) is 1.02. The van der Waals surface area contributed by atoms with Crippen LogP contribution in [0.15, 0.2) is 30.6 Å². The number of carbonyl (C=O) groups is 2. The van der Waals surface area contributed by atoms with E-state index in [1.165, 1.54) is 0 Å². The topological polar surface area (TPSA) is 71.7 Å². The molecule has 1 N–H and O–H groups in total. The molecule has 0 amide bonds. The van der Waals surface area contributed by atoms with Crippen molar-refractivity contribution >= 4 is 17.3 Å². The van der Waals surface area contributed by atoms with Gasteiger partial charge in [0.1, 0.15) is 11.2 Å². The van der Waals surface area contributed by atoms with Crippen molar-refractivity contribution in [1.29, 1.82) is 0 Å². The van der Waals surface area contributed by atoms with Crippen LogP contribution >= 0.6 is 0 Å². The Labute approximate surface area is 96.7 Å². The van der Waals surface area contributed by atoms with Gasteiger partial charge in [0.05, 0.1) is 11.7 Å². The van der Waals surface area contributed by atoms with E-state index < -0.39 is 11.4 Å². The van der Waals surface area contributed by atoms with E-state index >= 15 is 0 Å². The molecule has 0 saturated heterocycles. The Morgan fingerprint density at radius 3 is 2.82 bits per heavy atom. The summed E-state index contributed by atoms with van der Waals surface area (Å²) in [6.07, 6.45) is 3.45. The van der Waals surface area contributed by atoms with Crippen molar-refractivity contribution < 1.29 is 14.7 Å². The third-order valence-corrected chi connectivity index (χ3v) is 3.35. The number of rotatable bonds is 2. The van der Waals surface area contributed by atoms with Crippen LogP contribution in [-0.2, 0) is 15.0 Å². The highest BCUT2D eigenvalue weighted by Crippen LogP contribution is 2.43. The maximum Gasteiger partial charge on any atom is 0.315 e. The maximum atomic E-state index is 11.4. The van der Waals surface area contributed by atoms with Gasteiger partial charge in [0.2, 0.25) is 0 Å². The Hall–Kier alpha value is -2.17. The summed E-state index contributed by atoms with van der Waals surface area (Å²) in [5.41, 5.74) is 0.313. The number of carboxylic acid groups (broad SMARTS) is 1. The standard InChI is InChI=1S/C12H10N2O3/c15-8-5-12(6-8,11(16)17)9-7-13-14-4-2-1-3-10(9)14/h1-4,7H,5-6H2,(H,16,17). The SMILES string of the molecule is O=C1CC(C(=O)O)(c2cnn3ccccc23)C1. The lowest BCUT2D eigenvalue weighted by atomic mass is 9.64. The van der Waals surface area contributed by atoms with E-state index in [2.05, 4.69) is 5.10 Å². The molecule has 0 bridgehead atoms. The van der Waals surface area contributed by atoms with Crippen molar-refractivity contribution in [3.8, 4) is 0 Å². The molecule has 2 aromatic rings. The number of carbonyl (C=O) groups excluding carboxylic acids is 1. The quantitative estimate of drug-likeness (QED) is 0.836. The lowest BCUT2D eigenvalue weighted by Gasteiger charge is -2.35. The van der Waals surface area contributed by atoms with Crippen molar-refractivity contribution in [3.05, 3.63) is 36.2 Å². The van der Waals surface area contributed by atoms with Crippen LogP contribution in [0.1, 0.15) is 18.4 Å². The van der Waals surface area contributed by atoms with E-state index in [1.807, 2.05) is 18.2 Å². The molecule has 86 valence electrons. The van der Waals surface area contributed by atoms with Gasteiger partial charge in [0, 0.05) is 24.6 Å². The molecule has 1 aliphatic rings. The second-order valence-corrected chi connectivity index (χ2v) is 4.37. The largest absolute Gasteiger partial charge is 0.481 e. The predicted molar refractivity (Wildman–Crippen MR) is 58.7 cm³/mol. The van der Waals surface area contributed by atoms with Crippen LogP contribution in [0.3, 0.4) is 0 Å². The summed E-state index contributed by atoms with van der Waals surface area (Å²) in [6, 6.07) is 5.47. The lowest BCUT2D eigenvalue weighted by Crippen LogP contribution is -2.48. The molecule has 3 rings (SSSR count). The number of aliphatic carboxylic acids is 1. The average molecular weight is 230 g/mol. The fourth-order valence-electron chi connectivity index (χ4n) is 2.38. The number of ketones is 1. The first-order valence-electron chi connectivity index (χ1n) is 5.31. The van der Waals surface area contributed by atoms with E-state index in [0.717, 1.165) is 5.52 Å². The monoisotopic (exact) mass is 230 g/mol. The minimum Gasteiger partial charge on any atom is -0.481 e. The molecule has 0 aliphatic heterocycles. The molecule has 0 unspecified atom stereocenters. The van der Waals surface area contributed by atoms with Crippen LogP contribution < -0.4 is 0 Å². The third kappa shape index (κ3) is 1.22. The van der Waals surface area contributed by atoms with Gasteiger partial charge >= 0.3 is 5.97 Å². The summed E-state index contributed by atoms with van der Waals surface area (Å²) >= 11 is 0. The summed E-state index contributed by atoms with van der Waals surface area (Å²) < 4.78 is 1.63. The molecule has 0 aromatic carbocycles. The van der Waals surface area contributed by atoms with Crippen LogP contribution in [0.25, 0.3) is 5.52 Å². The highest BCUT2D eigenvalue weighted by Gasteiger charge is 2.52. The molecule has 1 saturated carbocycles. The molecule has 1 fully saturated rings. The van der Waals surface area contributed by atoms with Gasteiger partial charge in [-0.1, -0.05) is 6.07 Å². The summed E-state index contributed by atoms with van der Waals surface area (Å²) in [6.45, 7) is 0. The zero-order valence-corrected chi connectivity index (χ0v) is 8.96. The summed E-state index contributed by atoms with van der Waals surface area (Å²) in [7, 11) is 0. The smallest absolute Gasteiger partial charge is 0.315 e. The van der Waals surface area contributed by atoms with Gasteiger partial charge in [0.15, 0.2) is 0 Å². The fraction of sp³-hybridized carbons (Fsp3) is 0.250. The van der Waals surface area contributed by atoms with Crippen LogP contribution in [0.2, 0.25) is 0 Å². The number of carboxylic acids is 1. The molecular formula is C12H10N2O3. The molecule has 0 spiro atoms. The van der Waals surface area contributed by atoms with Gasteiger partial charge in [-0.2, -0.15) is 5.10 Å². The minimum atomic E-state index is -1.07. The van der Waals surface area contributed by atoms with Crippen LogP contribution in [0.5, 0.6) is 0 Å². The van der Waals surface area contributed by atoms with E-state index in [9.17, 15) is 14.7 Å². The Balaban J connectivity index is 2.20. The van der Waals surface area contributed by atoms with Crippen molar-refractivity contribution in [1.82, 2.24) is 9.61 Å². The van der Waals surface area contributed by atoms with Gasteiger partial charge in [-0.3, -0.25) is 9.59 Å². The third-order valence-electron chi connectivity index (χ3n) is 3.35. The van der Waals surface area contributed by atoms with Crippen LogP contribution in [0, 0.1) is 0 Å². The summed E-state index contributed by atoms with van der Waals surface area (Å²) in [5.74, 6) is -0.960. The number of pyridine rings is 1. The zero-order chi connectivity index (χ0) is 12.0. The molecule has 0 atom stereocenters. The van der Waals surface area contributed by atoms with Crippen molar-refractivity contribution in [2.24, 2.45) is 0 Å². The Kier molecular flexibility index (Phi) is 1.86. The molecule has 2 heterocycles. The maximum absolute atomic E-state index is 11.4. The molecule has 0 radical (unpaired) electrons. The number of fused-ring (bicyclic) bond motifs is 1. The van der Waals surface area contributed by atoms with Gasteiger partial charge in [0.25, 0.3) is 0 Å². The van der Waals surface area contributed by atoms with Gasteiger partial charge < -0.3 is 5.11 Å². The molecule has 1 aliphatic carbocycles. The number of aromatic nitrogens is 2. The zero-order valence-electron chi connectivity index (χ0n) is 8.96. The number of hydrogen-bond acceptors (Lipinski definition) is 3. The van der Waals surface area contributed by atoms with Crippen molar-refractivity contribution in [2.75, 3.05) is 0 Å². The number of hydrogen-bond donors (Lipinski definition) is 1. The molecule has 2 aromatic heterocycles. The molecule has 17 heavy (non-hydrogen) atoms. The Morgan fingerprint density at radius 1 is 1.41 bits per heavy atom. The number of Topliss-reactive ketones (excluding diaryl/α,β-unsaturated/α-hetero) is 1. The highest BCUT2D eigenvalue weighted by molar-refractivity contribution is 6.02.